The molecule has 1 aliphatic heterocycles. The van der Waals surface area contributed by atoms with Crippen molar-refractivity contribution in [3.8, 4) is 28.4 Å². The average Bonchev–Trinajstić information content (AvgIpc) is 2.78. The molecule has 0 radical (unpaired) electrons. The zero-order valence-corrected chi connectivity index (χ0v) is 18.4. The van der Waals surface area contributed by atoms with E-state index in [-0.39, 0.29) is 18.1 Å². The minimum Gasteiger partial charge on any atom is -0.496 e. The Balaban J connectivity index is 1.60. The molecule has 1 heterocycles. The monoisotopic (exact) mass is 440 g/mol. The van der Waals surface area contributed by atoms with Crippen molar-refractivity contribution in [2.45, 2.75) is 24.3 Å². The van der Waals surface area contributed by atoms with Gasteiger partial charge in [0.1, 0.15) is 19.0 Å². The van der Waals surface area contributed by atoms with Gasteiger partial charge in [-0.2, -0.15) is 8.42 Å². The number of benzene rings is 3. The lowest BCUT2D eigenvalue weighted by molar-refractivity contribution is -0.0244. The molecule has 1 atom stereocenters. The van der Waals surface area contributed by atoms with Crippen LogP contribution in [0, 0.1) is 6.92 Å². The summed E-state index contributed by atoms with van der Waals surface area (Å²) >= 11 is 0. The number of methoxy groups -OCH3 is 1. The van der Waals surface area contributed by atoms with Gasteiger partial charge in [-0.1, -0.05) is 48.0 Å². The second-order valence-electron chi connectivity index (χ2n) is 7.70. The first-order valence-corrected chi connectivity index (χ1v) is 11.3. The van der Waals surface area contributed by atoms with Crippen molar-refractivity contribution < 1.29 is 26.8 Å². The number of fused-ring (bicyclic) bond motifs is 1. The summed E-state index contributed by atoms with van der Waals surface area (Å²) in [6, 6.07) is 19.7. The SMILES string of the molecule is COc1ccccc1-c1cccc2c1O[C@@](C)(COS(=O)(=O)c1ccc(C)cc1)CO2. The maximum absolute atomic E-state index is 12.6. The van der Waals surface area contributed by atoms with Crippen molar-refractivity contribution >= 4 is 10.1 Å². The summed E-state index contributed by atoms with van der Waals surface area (Å²) in [6.45, 7) is 3.61. The highest BCUT2D eigenvalue weighted by molar-refractivity contribution is 7.86. The van der Waals surface area contributed by atoms with Crippen molar-refractivity contribution in [1.82, 2.24) is 0 Å². The maximum atomic E-state index is 12.6. The van der Waals surface area contributed by atoms with Gasteiger partial charge < -0.3 is 14.2 Å². The van der Waals surface area contributed by atoms with Crippen molar-refractivity contribution in [3.63, 3.8) is 0 Å². The van der Waals surface area contributed by atoms with Crippen LogP contribution in [0.1, 0.15) is 12.5 Å². The lowest BCUT2D eigenvalue weighted by Gasteiger charge is -2.36. The zero-order chi connectivity index (χ0) is 22.1. The van der Waals surface area contributed by atoms with Crippen LogP contribution in [0.3, 0.4) is 0 Å². The molecule has 31 heavy (non-hydrogen) atoms. The minimum absolute atomic E-state index is 0.105. The maximum Gasteiger partial charge on any atom is 0.297 e. The summed E-state index contributed by atoms with van der Waals surface area (Å²) in [6.07, 6.45) is 0. The van der Waals surface area contributed by atoms with Gasteiger partial charge in [0.05, 0.1) is 12.0 Å². The van der Waals surface area contributed by atoms with E-state index in [1.54, 1.807) is 26.2 Å². The van der Waals surface area contributed by atoms with Crippen LogP contribution in [0.15, 0.2) is 71.6 Å². The van der Waals surface area contributed by atoms with Crippen LogP contribution in [0.4, 0.5) is 0 Å². The molecule has 4 rings (SSSR count). The van der Waals surface area contributed by atoms with Crippen LogP contribution in [0.5, 0.6) is 17.2 Å². The quantitative estimate of drug-likeness (QED) is 0.522. The molecule has 7 heteroatoms. The molecular formula is C24H24O6S. The predicted molar refractivity (Wildman–Crippen MR) is 117 cm³/mol. The summed E-state index contributed by atoms with van der Waals surface area (Å²) in [5.74, 6) is 1.81. The molecule has 0 saturated carbocycles. The van der Waals surface area contributed by atoms with Gasteiger partial charge in [0, 0.05) is 11.1 Å². The molecule has 0 spiro atoms. The van der Waals surface area contributed by atoms with Crippen LogP contribution in [-0.2, 0) is 14.3 Å². The Morgan fingerprint density at radius 3 is 2.42 bits per heavy atom. The number of aryl methyl sites for hydroxylation is 1. The van der Waals surface area contributed by atoms with E-state index < -0.39 is 15.7 Å². The third kappa shape index (κ3) is 4.38. The molecule has 0 N–H and O–H groups in total. The summed E-state index contributed by atoms with van der Waals surface area (Å²) in [4.78, 5) is 0.105. The number of hydrogen-bond donors (Lipinski definition) is 0. The highest BCUT2D eigenvalue weighted by Crippen LogP contribution is 2.45. The lowest BCUT2D eigenvalue weighted by atomic mass is 10.0. The normalized spacial score (nSPS) is 17.9. The van der Waals surface area contributed by atoms with E-state index in [4.69, 9.17) is 18.4 Å². The first-order chi connectivity index (χ1) is 14.8. The van der Waals surface area contributed by atoms with E-state index in [2.05, 4.69) is 0 Å². The van der Waals surface area contributed by atoms with Gasteiger partial charge in [0.15, 0.2) is 17.1 Å². The lowest BCUT2D eigenvalue weighted by Crippen LogP contribution is -2.46. The second kappa shape index (κ2) is 8.24. The van der Waals surface area contributed by atoms with Gasteiger partial charge in [-0.15, -0.1) is 0 Å². The molecule has 0 fully saturated rings. The van der Waals surface area contributed by atoms with Gasteiger partial charge in [-0.3, -0.25) is 4.18 Å². The standard InChI is InChI=1S/C24H24O6S/c1-17-11-13-18(14-12-17)31(25,26)29-16-24(2)15-28-22-10-6-8-20(23(22)30-24)19-7-4-5-9-21(19)27-3/h4-14H,15-16H2,1-3H3/t24-/m1/s1. The van der Waals surface area contributed by atoms with E-state index in [1.807, 2.05) is 49.4 Å². The van der Waals surface area contributed by atoms with Gasteiger partial charge >= 0.3 is 0 Å². The summed E-state index contributed by atoms with van der Waals surface area (Å²) in [7, 11) is -2.31. The summed E-state index contributed by atoms with van der Waals surface area (Å²) in [5.41, 5.74) is 1.61. The number of ether oxygens (including phenoxy) is 3. The molecule has 0 amide bonds. The van der Waals surface area contributed by atoms with Crippen LogP contribution in [0.25, 0.3) is 11.1 Å². The van der Waals surface area contributed by atoms with Crippen molar-refractivity contribution in [3.05, 3.63) is 72.3 Å². The second-order valence-corrected chi connectivity index (χ2v) is 9.32. The van der Waals surface area contributed by atoms with Crippen molar-refractivity contribution in [2.75, 3.05) is 20.3 Å². The van der Waals surface area contributed by atoms with Gasteiger partial charge in [0.2, 0.25) is 0 Å². The Morgan fingerprint density at radius 1 is 0.968 bits per heavy atom. The molecule has 0 aliphatic carbocycles. The first kappa shape index (κ1) is 21.2. The summed E-state index contributed by atoms with van der Waals surface area (Å²) in [5, 5.41) is 0. The smallest absolute Gasteiger partial charge is 0.297 e. The first-order valence-electron chi connectivity index (χ1n) is 9.86. The van der Waals surface area contributed by atoms with Crippen LogP contribution in [-0.4, -0.2) is 34.3 Å². The van der Waals surface area contributed by atoms with Gasteiger partial charge in [0.25, 0.3) is 10.1 Å². The average molecular weight is 441 g/mol. The van der Waals surface area contributed by atoms with E-state index >= 15 is 0 Å². The highest BCUT2D eigenvalue weighted by Gasteiger charge is 2.37. The Kier molecular flexibility index (Phi) is 5.64. The Hall–Kier alpha value is -3.03. The molecule has 1 aliphatic rings. The van der Waals surface area contributed by atoms with Gasteiger partial charge in [-0.05, 0) is 38.1 Å². The largest absolute Gasteiger partial charge is 0.496 e. The molecule has 3 aromatic carbocycles. The van der Waals surface area contributed by atoms with Crippen LogP contribution < -0.4 is 14.2 Å². The Bertz CT molecular complexity index is 1190. The van der Waals surface area contributed by atoms with Gasteiger partial charge in [-0.25, -0.2) is 0 Å². The molecule has 0 aromatic heterocycles. The third-order valence-corrected chi connectivity index (χ3v) is 6.36. The fourth-order valence-electron chi connectivity index (χ4n) is 3.37. The van der Waals surface area contributed by atoms with Crippen LogP contribution in [0.2, 0.25) is 0 Å². The topological polar surface area (TPSA) is 71.1 Å². The zero-order valence-electron chi connectivity index (χ0n) is 17.6. The van der Waals surface area contributed by atoms with Crippen LogP contribution >= 0.6 is 0 Å². The summed E-state index contributed by atoms with van der Waals surface area (Å²) < 4.78 is 48.3. The number of rotatable bonds is 6. The molecule has 0 unspecified atom stereocenters. The predicted octanol–water partition coefficient (Wildman–Crippen LogP) is 4.61. The number of hydrogen-bond acceptors (Lipinski definition) is 6. The Labute approximate surface area is 182 Å². The molecule has 0 saturated heterocycles. The molecule has 162 valence electrons. The molecular weight excluding hydrogens is 416 g/mol. The minimum atomic E-state index is -3.92. The highest BCUT2D eigenvalue weighted by atomic mass is 32.2. The molecule has 0 bridgehead atoms. The fraction of sp³-hybridized carbons (Fsp3) is 0.250. The fourth-order valence-corrected chi connectivity index (χ4v) is 4.38. The van der Waals surface area contributed by atoms with Crippen molar-refractivity contribution in [1.29, 1.82) is 0 Å². The third-order valence-electron chi connectivity index (χ3n) is 5.09. The number of para-hydroxylation sites is 2. The molecule has 3 aromatic rings. The molecule has 6 nitrogen and oxygen atoms in total. The van der Waals surface area contributed by atoms with E-state index in [0.29, 0.717) is 17.2 Å². The van der Waals surface area contributed by atoms with E-state index in [0.717, 1.165) is 16.7 Å². The van der Waals surface area contributed by atoms with E-state index in [9.17, 15) is 8.42 Å². The van der Waals surface area contributed by atoms with E-state index in [1.165, 1.54) is 12.1 Å². The van der Waals surface area contributed by atoms with Crippen molar-refractivity contribution in [2.24, 2.45) is 0 Å². The Morgan fingerprint density at radius 2 is 1.68 bits per heavy atom.